The van der Waals surface area contributed by atoms with Gasteiger partial charge in [-0.15, -0.1) is 10.2 Å². The van der Waals surface area contributed by atoms with Gasteiger partial charge in [-0.3, -0.25) is 9.20 Å². The van der Waals surface area contributed by atoms with Gasteiger partial charge in [0.1, 0.15) is 16.5 Å². The zero-order valence-corrected chi connectivity index (χ0v) is 15.8. The van der Waals surface area contributed by atoms with Crippen molar-refractivity contribution >= 4 is 27.9 Å². The van der Waals surface area contributed by atoms with Crippen molar-refractivity contribution in [1.82, 2.24) is 14.6 Å². The fourth-order valence-corrected chi connectivity index (χ4v) is 3.59. The van der Waals surface area contributed by atoms with Crippen molar-refractivity contribution < 1.29 is 9.53 Å². The van der Waals surface area contributed by atoms with Crippen molar-refractivity contribution in [2.75, 3.05) is 5.32 Å². The number of nitrogens with zero attached hydrogens (tertiary/aromatic N) is 3. The Morgan fingerprint density at radius 3 is 2.60 bits per heavy atom. The molecule has 6 nitrogen and oxygen atoms in total. The maximum absolute atomic E-state index is 12.8. The number of carbonyl (C=O) groups excluding carboxylic acids is 1. The Morgan fingerprint density at radius 1 is 1.20 bits per heavy atom. The number of aromatic nitrogens is 3. The van der Waals surface area contributed by atoms with Crippen LogP contribution < -0.4 is 10.1 Å². The number of hydrogen-bond donors (Lipinski definition) is 1. The maximum atomic E-state index is 12.8. The number of benzene rings is 1. The Hall–Kier alpha value is -2.41. The average molecular weight is 358 g/mol. The molecule has 0 saturated carbocycles. The molecule has 0 fully saturated rings. The minimum Gasteiger partial charge on any atom is -0.489 e. The van der Waals surface area contributed by atoms with Gasteiger partial charge >= 0.3 is 0 Å². The summed E-state index contributed by atoms with van der Waals surface area (Å²) in [5.41, 5.74) is 1.52. The molecule has 0 aliphatic carbocycles. The molecule has 1 aromatic carbocycles. The maximum Gasteiger partial charge on any atom is 0.267 e. The van der Waals surface area contributed by atoms with Crippen molar-refractivity contribution in [2.45, 2.75) is 46.6 Å². The molecule has 0 radical (unpaired) electrons. The monoisotopic (exact) mass is 358 g/mol. The molecule has 0 spiro atoms. The van der Waals surface area contributed by atoms with Gasteiger partial charge in [0.25, 0.3) is 5.91 Å². The third-order valence-electron chi connectivity index (χ3n) is 3.74. The molecule has 3 aromatic rings. The number of amides is 1. The molecule has 1 amide bonds. The third-order valence-corrected chi connectivity index (χ3v) is 4.87. The summed E-state index contributed by atoms with van der Waals surface area (Å²) in [6.45, 7) is 9.96. The molecule has 0 saturated heterocycles. The van der Waals surface area contributed by atoms with E-state index < -0.39 is 0 Å². The van der Waals surface area contributed by atoms with Crippen LogP contribution in [0.2, 0.25) is 0 Å². The molecular formula is C18H22N4O2S. The number of thiazole rings is 1. The highest BCUT2D eigenvalue weighted by Crippen LogP contribution is 2.29. The summed E-state index contributed by atoms with van der Waals surface area (Å²) < 4.78 is 7.73. The van der Waals surface area contributed by atoms with Gasteiger partial charge in [-0.1, -0.05) is 37.3 Å². The number of carbonyl (C=O) groups is 1. The van der Waals surface area contributed by atoms with Crippen LogP contribution in [-0.4, -0.2) is 26.6 Å². The first-order chi connectivity index (χ1) is 11.9. The number of ether oxygens (including phenoxy) is 1. The Balaban J connectivity index is 1.92. The highest BCUT2D eigenvalue weighted by atomic mass is 32.1. The summed E-state index contributed by atoms with van der Waals surface area (Å²) >= 11 is 1.35. The molecule has 1 N–H and O–H groups in total. The van der Waals surface area contributed by atoms with Crippen molar-refractivity contribution in [1.29, 1.82) is 0 Å². The van der Waals surface area contributed by atoms with Crippen molar-refractivity contribution in [2.24, 2.45) is 0 Å². The lowest BCUT2D eigenvalue weighted by Gasteiger charge is -2.14. The molecule has 3 rings (SSSR count). The fraction of sp³-hybridized carbons (Fsp3) is 0.389. The molecule has 0 atom stereocenters. The number of fused-ring (bicyclic) bond motifs is 1. The Bertz CT molecular complexity index is 911. The predicted octanol–water partition coefficient (Wildman–Crippen LogP) is 4.26. The second-order valence-electron chi connectivity index (χ2n) is 6.46. The van der Waals surface area contributed by atoms with Gasteiger partial charge in [-0.05, 0) is 32.9 Å². The first kappa shape index (κ1) is 17.4. The van der Waals surface area contributed by atoms with Gasteiger partial charge in [0.15, 0.2) is 0 Å². The smallest absolute Gasteiger partial charge is 0.267 e. The third kappa shape index (κ3) is 3.37. The molecular weight excluding hydrogens is 336 g/mol. The van der Waals surface area contributed by atoms with E-state index in [4.69, 9.17) is 4.74 Å². The molecule has 0 unspecified atom stereocenters. The van der Waals surface area contributed by atoms with E-state index in [1.807, 2.05) is 49.4 Å². The number of para-hydroxylation sites is 2. The lowest BCUT2D eigenvalue weighted by Crippen LogP contribution is -2.14. The minimum absolute atomic E-state index is 0.0319. The van der Waals surface area contributed by atoms with Gasteiger partial charge < -0.3 is 10.1 Å². The number of hydrogen-bond acceptors (Lipinski definition) is 5. The van der Waals surface area contributed by atoms with Gasteiger partial charge in [-0.25, -0.2) is 0 Å². The zero-order chi connectivity index (χ0) is 18.1. The van der Waals surface area contributed by atoms with Crippen LogP contribution in [0, 0.1) is 6.92 Å². The van der Waals surface area contributed by atoms with Crippen molar-refractivity contribution in [3.63, 3.8) is 0 Å². The second kappa shape index (κ2) is 6.84. The topological polar surface area (TPSA) is 68.5 Å². The van der Waals surface area contributed by atoms with E-state index in [9.17, 15) is 4.79 Å². The lowest BCUT2D eigenvalue weighted by atomic mass is 10.2. The van der Waals surface area contributed by atoms with Gasteiger partial charge in [0.05, 0.1) is 11.8 Å². The van der Waals surface area contributed by atoms with Crippen LogP contribution in [0.15, 0.2) is 24.3 Å². The molecule has 7 heteroatoms. The molecule has 2 aromatic heterocycles. The van der Waals surface area contributed by atoms with Crippen LogP contribution in [0.3, 0.4) is 0 Å². The van der Waals surface area contributed by atoms with Crippen LogP contribution in [0.1, 0.15) is 54.8 Å². The van der Waals surface area contributed by atoms with Crippen LogP contribution >= 0.6 is 11.3 Å². The minimum atomic E-state index is -0.164. The average Bonchev–Trinajstić information content (AvgIpc) is 3.09. The summed E-state index contributed by atoms with van der Waals surface area (Å²) in [6, 6.07) is 7.45. The van der Waals surface area contributed by atoms with E-state index in [2.05, 4.69) is 29.4 Å². The zero-order valence-electron chi connectivity index (χ0n) is 15.0. The van der Waals surface area contributed by atoms with E-state index in [-0.39, 0.29) is 17.9 Å². The first-order valence-corrected chi connectivity index (χ1v) is 9.11. The number of anilines is 1. The normalized spacial score (nSPS) is 11.5. The summed E-state index contributed by atoms with van der Waals surface area (Å²) in [5, 5.41) is 11.4. The SMILES string of the molecule is Cc1c(C(=O)Nc2ccccc2OC(C)C)sc2nnc(C(C)C)n12. The molecule has 2 heterocycles. The quantitative estimate of drug-likeness (QED) is 0.740. The van der Waals surface area contributed by atoms with Crippen LogP contribution in [0.4, 0.5) is 5.69 Å². The predicted molar refractivity (Wildman–Crippen MR) is 99.8 cm³/mol. The summed E-state index contributed by atoms with van der Waals surface area (Å²) in [5.74, 6) is 1.60. The molecule has 0 aliphatic rings. The standard InChI is InChI=1S/C18H22N4O2S/c1-10(2)16-20-21-18-22(16)12(5)15(25-18)17(23)19-13-8-6-7-9-14(13)24-11(3)4/h6-11H,1-5H3,(H,19,23). The summed E-state index contributed by atoms with van der Waals surface area (Å²) in [7, 11) is 0. The van der Waals surface area contributed by atoms with E-state index in [1.165, 1.54) is 11.3 Å². The van der Waals surface area contributed by atoms with Crippen LogP contribution in [-0.2, 0) is 0 Å². The van der Waals surface area contributed by atoms with Gasteiger partial charge in [0.2, 0.25) is 4.96 Å². The van der Waals surface area contributed by atoms with Gasteiger partial charge in [-0.2, -0.15) is 0 Å². The largest absolute Gasteiger partial charge is 0.489 e. The number of nitrogens with one attached hydrogen (secondary N) is 1. The first-order valence-electron chi connectivity index (χ1n) is 8.30. The van der Waals surface area contributed by atoms with E-state index in [0.717, 1.165) is 16.5 Å². The Labute approximate surface area is 150 Å². The van der Waals surface area contributed by atoms with Crippen molar-refractivity contribution in [3.05, 3.63) is 40.7 Å². The second-order valence-corrected chi connectivity index (χ2v) is 7.44. The molecule has 25 heavy (non-hydrogen) atoms. The fourth-order valence-electron chi connectivity index (χ4n) is 2.62. The van der Waals surface area contributed by atoms with E-state index >= 15 is 0 Å². The molecule has 0 bridgehead atoms. The Morgan fingerprint density at radius 2 is 1.92 bits per heavy atom. The Kier molecular flexibility index (Phi) is 4.76. The van der Waals surface area contributed by atoms with Crippen LogP contribution in [0.5, 0.6) is 5.75 Å². The highest BCUT2D eigenvalue weighted by molar-refractivity contribution is 7.19. The van der Waals surface area contributed by atoms with E-state index in [0.29, 0.717) is 16.3 Å². The summed E-state index contributed by atoms with van der Waals surface area (Å²) in [6.07, 6.45) is 0.0319. The highest BCUT2D eigenvalue weighted by Gasteiger charge is 2.21. The number of aryl methyl sites for hydroxylation is 1. The van der Waals surface area contributed by atoms with Crippen LogP contribution in [0.25, 0.3) is 4.96 Å². The van der Waals surface area contributed by atoms with Gasteiger partial charge in [0, 0.05) is 11.6 Å². The molecule has 0 aliphatic heterocycles. The van der Waals surface area contributed by atoms with E-state index in [1.54, 1.807) is 0 Å². The summed E-state index contributed by atoms with van der Waals surface area (Å²) in [4.78, 5) is 14.2. The molecule has 132 valence electrons. The number of rotatable bonds is 5. The van der Waals surface area contributed by atoms with Crippen molar-refractivity contribution in [3.8, 4) is 5.75 Å². The lowest BCUT2D eigenvalue weighted by molar-refractivity contribution is 0.102.